The second kappa shape index (κ2) is 10.8. The van der Waals surface area contributed by atoms with Gasteiger partial charge in [-0.3, -0.25) is 0 Å². The number of hydrogen-bond donors (Lipinski definition) is 0. The third kappa shape index (κ3) is 4.28. The molecule has 0 N–H and O–H groups in total. The fourth-order valence-electron chi connectivity index (χ4n) is 7.62. The molecule has 5 nitrogen and oxygen atoms in total. The molecule has 4 aromatic heterocycles. The van der Waals surface area contributed by atoms with Gasteiger partial charge in [-0.2, -0.15) is 0 Å². The zero-order chi connectivity index (χ0) is 33.5. The first-order chi connectivity index (χ1) is 25.3. The summed E-state index contributed by atoms with van der Waals surface area (Å²) in [7, 11) is 0. The molecule has 238 valence electrons. The predicted octanol–water partition coefficient (Wildman–Crippen LogP) is 12.4. The molecule has 51 heavy (non-hydrogen) atoms. The zero-order valence-corrected chi connectivity index (χ0v) is 27.2. The smallest absolute Gasteiger partial charge is 0.180 e. The van der Waals surface area contributed by atoms with E-state index in [9.17, 15) is 0 Å². The van der Waals surface area contributed by atoms with E-state index < -0.39 is 0 Å². The molecule has 4 heterocycles. The SMILES string of the molecule is c1ccc(-c2nc(-c3ccccc3)c3oc4ccc(-n5c6ccccc6c6cc(-c7ccc8oc9ccccc9c8c7)ccc65)cc4c3n2)cc1. The van der Waals surface area contributed by atoms with Crippen molar-refractivity contribution >= 4 is 65.8 Å². The highest BCUT2D eigenvalue weighted by atomic mass is 16.3. The van der Waals surface area contributed by atoms with E-state index >= 15 is 0 Å². The molecule has 0 saturated carbocycles. The fraction of sp³-hybridized carbons (Fsp3) is 0. The first kappa shape index (κ1) is 27.9. The van der Waals surface area contributed by atoms with Crippen LogP contribution < -0.4 is 0 Å². The molecule has 0 atom stereocenters. The van der Waals surface area contributed by atoms with Crippen molar-refractivity contribution in [3.05, 3.63) is 164 Å². The number of para-hydroxylation sites is 2. The van der Waals surface area contributed by atoms with Crippen LogP contribution in [-0.4, -0.2) is 14.5 Å². The van der Waals surface area contributed by atoms with E-state index in [0.717, 1.165) is 83.1 Å². The molecular formula is C46H27N3O2. The Kier molecular flexibility index (Phi) is 5.89. The lowest BCUT2D eigenvalue weighted by molar-refractivity contribution is 0.667. The summed E-state index contributed by atoms with van der Waals surface area (Å²) in [6.45, 7) is 0. The standard InChI is InChI=1S/C46H27N3O2/c1-3-11-28(12-4-1)43-45-44(48-46(47-43)29-13-5-2-6-14-29)37-27-32(21-24-42(37)51-45)49-38-17-9-7-15-33(38)35-25-30(19-22-39(35)49)31-20-23-41-36(26-31)34-16-8-10-18-40(34)50-41/h1-27H. The van der Waals surface area contributed by atoms with Crippen LogP contribution in [0.1, 0.15) is 0 Å². The van der Waals surface area contributed by atoms with Crippen molar-refractivity contribution < 1.29 is 8.83 Å². The van der Waals surface area contributed by atoms with Crippen LogP contribution in [-0.2, 0) is 0 Å². The molecule has 0 spiro atoms. The highest BCUT2D eigenvalue weighted by Crippen LogP contribution is 2.40. The van der Waals surface area contributed by atoms with E-state index in [1.54, 1.807) is 0 Å². The largest absolute Gasteiger partial charge is 0.456 e. The molecule has 11 rings (SSSR count). The Balaban J connectivity index is 1.12. The van der Waals surface area contributed by atoms with Crippen LogP contribution >= 0.6 is 0 Å². The van der Waals surface area contributed by atoms with Crippen LogP contribution in [0, 0.1) is 0 Å². The summed E-state index contributed by atoms with van der Waals surface area (Å²) in [4.78, 5) is 10.2. The van der Waals surface area contributed by atoms with Crippen molar-refractivity contribution in [3.8, 4) is 39.5 Å². The van der Waals surface area contributed by atoms with Crippen LogP contribution in [0.2, 0.25) is 0 Å². The Labute approximate surface area is 291 Å². The van der Waals surface area contributed by atoms with Gasteiger partial charge in [0, 0.05) is 43.7 Å². The van der Waals surface area contributed by atoms with Gasteiger partial charge in [-0.25, -0.2) is 9.97 Å². The van der Waals surface area contributed by atoms with Gasteiger partial charge in [0.1, 0.15) is 28.0 Å². The van der Waals surface area contributed by atoms with E-state index in [2.05, 4.69) is 108 Å². The molecule has 11 aromatic rings. The minimum absolute atomic E-state index is 0.668. The lowest BCUT2D eigenvalue weighted by atomic mass is 10.0. The second-order valence-corrected chi connectivity index (χ2v) is 13.0. The van der Waals surface area contributed by atoms with Gasteiger partial charge in [0.15, 0.2) is 11.4 Å². The first-order valence-corrected chi connectivity index (χ1v) is 17.1. The lowest BCUT2D eigenvalue weighted by Crippen LogP contribution is -1.95. The maximum atomic E-state index is 6.55. The molecule has 0 unspecified atom stereocenters. The summed E-state index contributed by atoms with van der Waals surface area (Å²) in [5.41, 5.74) is 12.4. The van der Waals surface area contributed by atoms with Crippen LogP contribution in [0.5, 0.6) is 0 Å². The minimum atomic E-state index is 0.668. The number of hydrogen-bond acceptors (Lipinski definition) is 4. The number of fused-ring (bicyclic) bond motifs is 9. The van der Waals surface area contributed by atoms with E-state index in [1.807, 2.05) is 60.7 Å². The van der Waals surface area contributed by atoms with Crippen LogP contribution in [0.3, 0.4) is 0 Å². The van der Waals surface area contributed by atoms with Crippen LogP contribution in [0.25, 0.3) is 105 Å². The monoisotopic (exact) mass is 653 g/mol. The number of furan rings is 2. The summed E-state index contributed by atoms with van der Waals surface area (Å²) in [6.07, 6.45) is 0. The van der Waals surface area contributed by atoms with Crippen molar-refractivity contribution in [1.29, 1.82) is 0 Å². The molecule has 0 radical (unpaired) electrons. The average Bonchev–Trinajstić information content (AvgIpc) is 3.87. The van der Waals surface area contributed by atoms with Crippen molar-refractivity contribution in [3.63, 3.8) is 0 Å². The molecule has 0 aliphatic heterocycles. The van der Waals surface area contributed by atoms with E-state index in [1.165, 1.54) is 10.8 Å². The Morgan fingerprint density at radius 3 is 1.86 bits per heavy atom. The molecule has 0 aliphatic rings. The van der Waals surface area contributed by atoms with Gasteiger partial charge < -0.3 is 13.4 Å². The third-order valence-corrected chi connectivity index (χ3v) is 10.0. The zero-order valence-electron chi connectivity index (χ0n) is 27.2. The van der Waals surface area contributed by atoms with Gasteiger partial charge in [0.05, 0.1) is 11.0 Å². The summed E-state index contributed by atoms with van der Waals surface area (Å²) < 4.78 is 15.0. The second-order valence-electron chi connectivity index (χ2n) is 13.0. The highest BCUT2D eigenvalue weighted by Gasteiger charge is 2.20. The van der Waals surface area contributed by atoms with E-state index in [0.29, 0.717) is 11.4 Å². The summed E-state index contributed by atoms with van der Waals surface area (Å²) in [5, 5.41) is 5.59. The molecule has 0 amide bonds. The molecule has 7 aromatic carbocycles. The van der Waals surface area contributed by atoms with Gasteiger partial charge in [0.2, 0.25) is 0 Å². The minimum Gasteiger partial charge on any atom is -0.456 e. The van der Waals surface area contributed by atoms with Crippen molar-refractivity contribution in [2.24, 2.45) is 0 Å². The number of rotatable bonds is 4. The maximum Gasteiger partial charge on any atom is 0.180 e. The van der Waals surface area contributed by atoms with Crippen molar-refractivity contribution in [2.45, 2.75) is 0 Å². The highest BCUT2D eigenvalue weighted by molar-refractivity contribution is 6.12. The number of aromatic nitrogens is 3. The number of nitrogens with zero attached hydrogens (tertiary/aromatic N) is 3. The van der Waals surface area contributed by atoms with Crippen LogP contribution in [0.4, 0.5) is 0 Å². The van der Waals surface area contributed by atoms with E-state index in [-0.39, 0.29) is 0 Å². The molecule has 0 bridgehead atoms. The van der Waals surface area contributed by atoms with Gasteiger partial charge in [-0.15, -0.1) is 0 Å². The molecule has 0 aliphatic carbocycles. The summed E-state index contributed by atoms with van der Waals surface area (Å²) in [5.74, 6) is 0.668. The number of benzene rings is 7. The molecular weight excluding hydrogens is 627 g/mol. The lowest BCUT2D eigenvalue weighted by Gasteiger charge is -2.09. The quantitative estimate of drug-likeness (QED) is 0.190. The molecule has 5 heteroatoms. The Hall–Kier alpha value is -6.98. The van der Waals surface area contributed by atoms with Gasteiger partial charge >= 0.3 is 0 Å². The fourth-order valence-corrected chi connectivity index (χ4v) is 7.62. The summed E-state index contributed by atoms with van der Waals surface area (Å²) in [6, 6.07) is 56.8. The van der Waals surface area contributed by atoms with Crippen LogP contribution in [0.15, 0.2) is 173 Å². The third-order valence-electron chi connectivity index (χ3n) is 10.0. The van der Waals surface area contributed by atoms with Gasteiger partial charge in [-0.05, 0) is 65.7 Å². The summed E-state index contributed by atoms with van der Waals surface area (Å²) >= 11 is 0. The Morgan fingerprint density at radius 2 is 1.02 bits per heavy atom. The van der Waals surface area contributed by atoms with E-state index in [4.69, 9.17) is 18.8 Å². The Morgan fingerprint density at radius 1 is 0.392 bits per heavy atom. The first-order valence-electron chi connectivity index (χ1n) is 17.1. The topological polar surface area (TPSA) is 57.0 Å². The van der Waals surface area contributed by atoms with Gasteiger partial charge in [-0.1, -0.05) is 109 Å². The molecule has 0 saturated heterocycles. The molecule has 0 fully saturated rings. The maximum absolute atomic E-state index is 6.55. The average molecular weight is 654 g/mol. The van der Waals surface area contributed by atoms with Crippen molar-refractivity contribution in [1.82, 2.24) is 14.5 Å². The van der Waals surface area contributed by atoms with Crippen molar-refractivity contribution in [2.75, 3.05) is 0 Å². The van der Waals surface area contributed by atoms with Gasteiger partial charge in [0.25, 0.3) is 0 Å². The normalized spacial score (nSPS) is 11.9. The predicted molar refractivity (Wildman–Crippen MR) is 207 cm³/mol. The Bertz CT molecular complexity index is 3130.